The molecule has 3 rings (SSSR count). The second kappa shape index (κ2) is 19.2. The quantitative estimate of drug-likeness (QED) is 0.0970. The Morgan fingerprint density at radius 1 is 0.875 bits per heavy atom. The Morgan fingerprint density at radius 2 is 1.38 bits per heavy atom. The Bertz CT molecular complexity index is 1460. The molecule has 0 unspecified atom stereocenters. The van der Waals surface area contributed by atoms with Gasteiger partial charge in [0.15, 0.2) is 5.96 Å². The lowest BCUT2D eigenvalue weighted by Gasteiger charge is -2.33. The number of nitrogens with two attached hydrogens (primary N) is 3. The van der Waals surface area contributed by atoms with E-state index in [1.54, 1.807) is 11.8 Å². The van der Waals surface area contributed by atoms with Gasteiger partial charge in [-0.15, -0.1) is 0 Å². The predicted octanol–water partition coefficient (Wildman–Crippen LogP) is 3.63. The van der Waals surface area contributed by atoms with Gasteiger partial charge in [0, 0.05) is 19.6 Å². The van der Waals surface area contributed by atoms with E-state index in [4.69, 9.17) is 31.8 Å². The summed E-state index contributed by atoms with van der Waals surface area (Å²) in [7, 11) is 0. The molecule has 0 fully saturated rings. The number of carbonyl (C=O) groups excluding carboxylic acids is 3. The number of primary amides is 1. The number of carboxylic acid groups (broad SMARTS) is 1. The normalized spacial score (nSPS) is 11.4. The third-order valence-corrected chi connectivity index (χ3v) is 6.76. The highest BCUT2D eigenvalue weighted by Crippen LogP contribution is 2.29. The molecule has 12 nitrogen and oxygen atoms in total. The molecule has 1 atom stereocenters. The van der Waals surface area contributed by atoms with Gasteiger partial charge in [-0.05, 0) is 42.0 Å². The van der Waals surface area contributed by atoms with Crippen molar-refractivity contribution in [2.45, 2.75) is 51.0 Å². The van der Waals surface area contributed by atoms with Crippen LogP contribution in [-0.2, 0) is 32.2 Å². The summed E-state index contributed by atoms with van der Waals surface area (Å²) in [6.45, 7) is 2.77. The molecule has 15 heteroatoms. The molecule has 3 aromatic rings. The summed E-state index contributed by atoms with van der Waals surface area (Å²) in [6, 6.07) is 25.4. The van der Waals surface area contributed by atoms with E-state index in [0.717, 1.165) is 22.3 Å². The van der Waals surface area contributed by atoms with Crippen molar-refractivity contribution in [1.82, 2.24) is 10.2 Å². The summed E-state index contributed by atoms with van der Waals surface area (Å²) in [5, 5.41) is 9.81. The fourth-order valence-corrected chi connectivity index (χ4v) is 4.54. The van der Waals surface area contributed by atoms with E-state index in [1.807, 2.05) is 84.9 Å². The molecular formula is C33H39F3N6O6. The van der Waals surface area contributed by atoms with Crippen LogP contribution < -0.4 is 22.5 Å². The number of aliphatic carboxylic acids is 1. The van der Waals surface area contributed by atoms with Crippen molar-refractivity contribution < 1.29 is 42.2 Å². The van der Waals surface area contributed by atoms with Crippen LogP contribution in [0.15, 0.2) is 89.9 Å². The number of alkyl carbamates (subject to hydrolysis) is 1. The van der Waals surface area contributed by atoms with Crippen LogP contribution in [-0.4, -0.2) is 65.2 Å². The molecule has 3 aromatic carbocycles. The van der Waals surface area contributed by atoms with Crippen molar-refractivity contribution >= 4 is 29.8 Å². The van der Waals surface area contributed by atoms with E-state index >= 15 is 0 Å². The first-order valence-corrected chi connectivity index (χ1v) is 14.8. The number of rotatable bonds is 14. The number of nitrogens with zero attached hydrogens (tertiary/aromatic N) is 2. The van der Waals surface area contributed by atoms with Gasteiger partial charge in [0.1, 0.15) is 6.04 Å². The number of halogens is 3. The molecule has 0 bridgehead atoms. The van der Waals surface area contributed by atoms with E-state index < -0.39 is 36.1 Å². The second-order valence-electron chi connectivity index (χ2n) is 10.3. The number of carbonyl (C=O) groups is 4. The number of ether oxygens (including phenoxy) is 1. The zero-order valence-electron chi connectivity index (χ0n) is 26.2. The molecule has 0 aliphatic carbocycles. The number of amides is 3. The maximum Gasteiger partial charge on any atom is 0.490 e. The van der Waals surface area contributed by atoms with Gasteiger partial charge in [0.25, 0.3) is 0 Å². The molecule has 0 heterocycles. The third-order valence-electron chi connectivity index (χ3n) is 6.76. The molecule has 0 aliphatic rings. The fourth-order valence-electron chi connectivity index (χ4n) is 4.54. The third kappa shape index (κ3) is 13.0. The van der Waals surface area contributed by atoms with Crippen LogP contribution in [0.3, 0.4) is 0 Å². The van der Waals surface area contributed by atoms with Crippen LogP contribution in [0.2, 0.25) is 0 Å². The largest absolute Gasteiger partial charge is 0.490 e. The van der Waals surface area contributed by atoms with Crippen LogP contribution >= 0.6 is 0 Å². The number of hydrogen-bond acceptors (Lipinski definition) is 6. The van der Waals surface area contributed by atoms with E-state index in [0.29, 0.717) is 19.5 Å². The highest BCUT2D eigenvalue weighted by Gasteiger charge is 2.38. The average Bonchev–Trinajstić information content (AvgIpc) is 3.04. The number of nitrogens with one attached hydrogen (secondary N) is 1. The summed E-state index contributed by atoms with van der Waals surface area (Å²) in [4.78, 5) is 53.3. The molecule has 0 spiro atoms. The van der Waals surface area contributed by atoms with Gasteiger partial charge in [-0.25, -0.2) is 9.59 Å². The molecule has 0 radical (unpaired) electrons. The Kier molecular flexibility index (Phi) is 15.4. The van der Waals surface area contributed by atoms with Gasteiger partial charge in [-0.2, -0.15) is 13.2 Å². The summed E-state index contributed by atoms with van der Waals surface area (Å²) in [5.74, 6) is -4.31. The minimum Gasteiger partial charge on any atom is -0.475 e. The Balaban J connectivity index is 0.00000103. The zero-order valence-corrected chi connectivity index (χ0v) is 26.2. The van der Waals surface area contributed by atoms with Gasteiger partial charge in [-0.1, -0.05) is 84.9 Å². The first-order valence-electron chi connectivity index (χ1n) is 14.8. The number of hydrogen-bond donors (Lipinski definition) is 5. The molecular weight excluding hydrogens is 633 g/mol. The highest BCUT2D eigenvalue weighted by molar-refractivity contribution is 5.92. The number of benzene rings is 3. The standard InChI is InChI=1S/C31H38N6O4.C2HF3O2/c1-2-41-31(40)36-20-22-15-17-23(18-16-22)21-37(26(28(32)38)14-9-19-35-30(33)34)29(39)27(24-10-5-3-6-11-24)25-12-7-4-8-13-25;3-2(4,5)1(6)7/h3-8,10-13,15-18,26-27H,2,9,14,19-21H2,1H3,(H2,32,38)(H,36,40)(H4,33,34,35);(H,6,7)/t26-;/m1./s1. The maximum absolute atomic E-state index is 14.4. The van der Waals surface area contributed by atoms with Gasteiger partial charge >= 0.3 is 18.2 Å². The fraction of sp³-hybridized carbons (Fsp3) is 0.303. The summed E-state index contributed by atoms with van der Waals surface area (Å²) >= 11 is 0. The van der Waals surface area contributed by atoms with Crippen LogP contribution in [0.5, 0.6) is 0 Å². The topological polar surface area (TPSA) is 203 Å². The average molecular weight is 673 g/mol. The first-order chi connectivity index (χ1) is 22.7. The summed E-state index contributed by atoms with van der Waals surface area (Å²) < 4.78 is 36.6. The van der Waals surface area contributed by atoms with E-state index in [-0.39, 0.29) is 31.4 Å². The van der Waals surface area contributed by atoms with Crippen LogP contribution in [0.1, 0.15) is 47.9 Å². The Labute approximate surface area is 275 Å². The molecule has 3 amide bonds. The van der Waals surface area contributed by atoms with Gasteiger partial charge in [0.05, 0.1) is 12.5 Å². The molecule has 258 valence electrons. The van der Waals surface area contributed by atoms with Crippen LogP contribution in [0.25, 0.3) is 0 Å². The molecule has 0 saturated carbocycles. The lowest BCUT2D eigenvalue weighted by atomic mass is 9.89. The van der Waals surface area contributed by atoms with Gasteiger partial charge in [0.2, 0.25) is 11.8 Å². The number of alkyl halides is 3. The number of guanidine groups is 1. The minimum absolute atomic E-state index is 0.0423. The van der Waals surface area contributed by atoms with Crippen molar-refractivity contribution in [3.8, 4) is 0 Å². The molecule has 0 aromatic heterocycles. The first kappa shape index (κ1) is 38.6. The van der Waals surface area contributed by atoms with Crippen LogP contribution in [0, 0.1) is 0 Å². The predicted molar refractivity (Wildman–Crippen MR) is 172 cm³/mol. The van der Waals surface area contributed by atoms with E-state index in [1.165, 1.54) is 0 Å². The van der Waals surface area contributed by atoms with E-state index in [9.17, 15) is 27.6 Å². The maximum atomic E-state index is 14.4. The van der Waals surface area contributed by atoms with Crippen molar-refractivity contribution in [2.24, 2.45) is 22.2 Å². The molecule has 0 aliphatic heterocycles. The van der Waals surface area contributed by atoms with Crippen molar-refractivity contribution in [3.63, 3.8) is 0 Å². The highest BCUT2D eigenvalue weighted by atomic mass is 19.4. The molecule has 0 saturated heterocycles. The van der Waals surface area contributed by atoms with Crippen molar-refractivity contribution in [1.29, 1.82) is 0 Å². The minimum atomic E-state index is -5.08. The molecule has 8 N–H and O–H groups in total. The lowest BCUT2D eigenvalue weighted by Crippen LogP contribution is -2.49. The SMILES string of the molecule is CCOC(=O)NCc1ccc(CN(C(=O)C(c2ccccc2)c2ccccc2)[C@H](CCCN=C(N)N)C(N)=O)cc1.O=C(O)C(F)(F)F. The summed E-state index contributed by atoms with van der Waals surface area (Å²) in [5.41, 5.74) is 20.1. The second-order valence-corrected chi connectivity index (χ2v) is 10.3. The van der Waals surface area contributed by atoms with Crippen LogP contribution in [0.4, 0.5) is 18.0 Å². The van der Waals surface area contributed by atoms with Crippen molar-refractivity contribution in [3.05, 3.63) is 107 Å². The van der Waals surface area contributed by atoms with E-state index in [2.05, 4.69) is 10.3 Å². The number of aliphatic imine (C=N–C) groups is 1. The number of carboxylic acids is 1. The Hall–Kier alpha value is -5.60. The van der Waals surface area contributed by atoms with Crippen molar-refractivity contribution in [2.75, 3.05) is 13.2 Å². The lowest BCUT2D eigenvalue weighted by molar-refractivity contribution is -0.192. The van der Waals surface area contributed by atoms with Gasteiger partial charge < -0.3 is 37.3 Å². The Morgan fingerprint density at radius 3 is 1.81 bits per heavy atom. The molecule has 48 heavy (non-hydrogen) atoms. The smallest absolute Gasteiger partial charge is 0.475 e. The van der Waals surface area contributed by atoms with Gasteiger partial charge in [-0.3, -0.25) is 14.6 Å². The zero-order chi connectivity index (χ0) is 35.7. The summed E-state index contributed by atoms with van der Waals surface area (Å²) in [6.07, 6.45) is -4.84. The monoisotopic (exact) mass is 672 g/mol.